The van der Waals surface area contributed by atoms with E-state index in [1.165, 1.54) is 6.42 Å². The highest BCUT2D eigenvalue weighted by Gasteiger charge is 2.65. The molecule has 4 fully saturated rings. The molecule has 3 aliphatic heterocycles. The van der Waals surface area contributed by atoms with Crippen LogP contribution in [0.1, 0.15) is 60.3 Å². The molecule has 3 heterocycles. The molecule has 0 aromatic heterocycles. The molecule has 4 aliphatic rings. The molecule has 0 N–H and O–H groups in total. The number of hydrogen-bond donors (Lipinski definition) is 0. The Morgan fingerprint density at radius 3 is 2.11 bits per heavy atom. The topological polar surface area (TPSA) is 27.7 Å². The molecule has 4 atom stereocenters. The minimum Gasteiger partial charge on any atom is -0.364 e. The summed E-state index contributed by atoms with van der Waals surface area (Å²) < 4.78 is 18.9. The van der Waals surface area contributed by atoms with Crippen molar-refractivity contribution in [1.29, 1.82) is 0 Å². The number of rotatable bonds is 0. The largest absolute Gasteiger partial charge is 0.364 e. The Bertz CT molecular complexity index is 342. The van der Waals surface area contributed by atoms with Gasteiger partial charge in [0, 0.05) is 6.42 Å². The zero-order chi connectivity index (χ0) is 13.2. The van der Waals surface area contributed by atoms with E-state index in [0.717, 1.165) is 19.3 Å². The van der Waals surface area contributed by atoms with Gasteiger partial charge in [-0.15, -0.1) is 0 Å². The lowest BCUT2D eigenvalue weighted by atomic mass is 9.65. The number of hydrogen-bond acceptors (Lipinski definition) is 3. The second-order valence-electron chi connectivity index (χ2n) is 7.22. The third-order valence-corrected chi connectivity index (χ3v) is 5.21. The lowest BCUT2D eigenvalue weighted by Crippen LogP contribution is -2.72. The van der Waals surface area contributed by atoms with Crippen LogP contribution in [-0.2, 0) is 14.2 Å². The lowest BCUT2D eigenvalue weighted by Gasteiger charge is -2.64. The summed E-state index contributed by atoms with van der Waals surface area (Å²) in [6, 6.07) is 0. The SMILES string of the molecule is CC1CC(C)OC2(CC3CCC2(C)OC3(C)C)O1. The molecule has 3 heteroatoms. The van der Waals surface area contributed by atoms with Gasteiger partial charge in [0.15, 0.2) is 5.79 Å². The Balaban J connectivity index is 1.94. The van der Waals surface area contributed by atoms with Crippen LogP contribution in [0, 0.1) is 5.92 Å². The van der Waals surface area contributed by atoms with Crippen LogP contribution < -0.4 is 0 Å². The Morgan fingerprint density at radius 1 is 1.00 bits per heavy atom. The average Bonchev–Trinajstić information content (AvgIpc) is 2.18. The Morgan fingerprint density at radius 2 is 1.61 bits per heavy atom. The summed E-state index contributed by atoms with van der Waals surface area (Å²) in [6.07, 6.45) is 4.74. The first kappa shape index (κ1) is 12.9. The molecule has 1 spiro atoms. The number of ether oxygens (including phenoxy) is 3. The van der Waals surface area contributed by atoms with Gasteiger partial charge in [0.25, 0.3) is 0 Å². The second-order valence-corrected chi connectivity index (χ2v) is 7.22. The predicted molar refractivity (Wildman–Crippen MR) is 69.4 cm³/mol. The molecule has 3 saturated heterocycles. The molecule has 1 saturated carbocycles. The molecule has 0 aromatic rings. The molecule has 2 bridgehead atoms. The minimum absolute atomic E-state index is 0.0467. The summed E-state index contributed by atoms with van der Waals surface area (Å²) in [5.41, 5.74) is -0.344. The van der Waals surface area contributed by atoms with Crippen LogP contribution in [0.5, 0.6) is 0 Å². The predicted octanol–water partition coefficient (Wildman–Crippen LogP) is 3.26. The van der Waals surface area contributed by atoms with Gasteiger partial charge in [-0.1, -0.05) is 0 Å². The van der Waals surface area contributed by atoms with Crippen molar-refractivity contribution in [2.45, 2.75) is 89.5 Å². The van der Waals surface area contributed by atoms with Gasteiger partial charge in [-0.25, -0.2) is 0 Å². The number of fused-ring (bicyclic) bond motifs is 2. The van der Waals surface area contributed by atoms with Gasteiger partial charge in [-0.05, 0) is 59.8 Å². The van der Waals surface area contributed by atoms with Crippen LogP contribution in [0.15, 0.2) is 0 Å². The molecule has 3 nitrogen and oxygen atoms in total. The van der Waals surface area contributed by atoms with Crippen molar-refractivity contribution in [3.8, 4) is 0 Å². The molecule has 18 heavy (non-hydrogen) atoms. The first-order valence-corrected chi connectivity index (χ1v) is 7.32. The van der Waals surface area contributed by atoms with Crippen LogP contribution in [0.4, 0.5) is 0 Å². The quantitative estimate of drug-likeness (QED) is 0.664. The smallest absolute Gasteiger partial charge is 0.198 e. The minimum atomic E-state index is -0.511. The monoisotopic (exact) mass is 254 g/mol. The molecule has 1 aliphatic carbocycles. The Labute approximate surface area is 110 Å². The first-order valence-electron chi connectivity index (χ1n) is 7.32. The molecular weight excluding hydrogens is 228 g/mol. The highest BCUT2D eigenvalue weighted by atomic mass is 16.7. The molecule has 104 valence electrons. The molecular formula is C15H26O3. The summed E-state index contributed by atoms with van der Waals surface area (Å²) >= 11 is 0. The van der Waals surface area contributed by atoms with E-state index in [-0.39, 0.29) is 23.4 Å². The fourth-order valence-corrected chi connectivity index (χ4v) is 4.26. The van der Waals surface area contributed by atoms with Crippen LogP contribution in [0.25, 0.3) is 0 Å². The maximum absolute atomic E-state index is 6.40. The van der Waals surface area contributed by atoms with Crippen molar-refractivity contribution < 1.29 is 14.2 Å². The average molecular weight is 254 g/mol. The lowest BCUT2D eigenvalue weighted by molar-refractivity contribution is -0.437. The fourth-order valence-electron chi connectivity index (χ4n) is 4.26. The van der Waals surface area contributed by atoms with Crippen molar-refractivity contribution in [1.82, 2.24) is 0 Å². The van der Waals surface area contributed by atoms with Crippen LogP contribution in [0.3, 0.4) is 0 Å². The summed E-state index contributed by atoms with van der Waals surface area (Å²) in [5.74, 6) is 0.0273. The van der Waals surface area contributed by atoms with Crippen molar-refractivity contribution in [2.24, 2.45) is 5.92 Å². The summed E-state index contributed by atoms with van der Waals surface area (Å²) in [7, 11) is 0. The third-order valence-electron chi connectivity index (χ3n) is 5.21. The third kappa shape index (κ3) is 1.67. The van der Waals surface area contributed by atoms with E-state index in [9.17, 15) is 0 Å². The van der Waals surface area contributed by atoms with E-state index in [1.54, 1.807) is 0 Å². The van der Waals surface area contributed by atoms with Gasteiger partial charge in [-0.2, -0.15) is 0 Å². The molecule has 4 rings (SSSR count). The van der Waals surface area contributed by atoms with E-state index >= 15 is 0 Å². The van der Waals surface area contributed by atoms with E-state index in [4.69, 9.17) is 14.2 Å². The van der Waals surface area contributed by atoms with Crippen molar-refractivity contribution in [3.63, 3.8) is 0 Å². The highest BCUT2D eigenvalue weighted by molar-refractivity contribution is 5.09. The first-order chi connectivity index (χ1) is 8.26. The maximum Gasteiger partial charge on any atom is 0.198 e. The van der Waals surface area contributed by atoms with E-state index < -0.39 is 5.79 Å². The van der Waals surface area contributed by atoms with E-state index in [2.05, 4.69) is 34.6 Å². The van der Waals surface area contributed by atoms with E-state index in [0.29, 0.717) is 5.92 Å². The van der Waals surface area contributed by atoms with Crippen molar-refractivity contribution in [2.75, 3.05) is 0 Å². The Hall–Kier alpha value is -0.120. The van der Waals surface area contributed by atoms with Gasteiger partial charge >= 0.3 is 0 Å². The second kappa shape index (κ2) is 3.71. The molecule has 4 unspecified atom stereocenters. The van der Waals surface area contributed by atoms with Crippen LogP contribution >= 0.6 is 0 Å². The van der Waals surface area contributed by atoms with Gasteiger partial charge in [-0.3, -0.25) is 0 Å². The Kier molecular flexibility index (Phi) is 2.66. The van der Waals surface area contributed by atoms with Crippen LogP contribution in [-0.4, -0.2) is 29.2 Å². The fraction of sp³-hybridized carbons (Fsp3) is 1.00. The molecule has 0 aromatic carbocycles. The molecule has 0 amide bonds. The summed E-state index contributed by atoms with van der Waals surface area (Å²) in [5, 5.41) is 0. The molecule has 0 radical (unpaired) electrons. The van der Waals surface area contributed by atoms with Gasteiger partial charge in [0.1, 0.15) is 5.60 Å². The standard InChI is InChI=1S/C15H26O3/c1-10-8-11(2)17-15(16-10)9-12-6-7-14(15,5)18-13(12,3)4/h10-12H,6-9H2,1-5H3. The van der Waals surface area contributed by atoms with Crippen molar-refractivity contribution in [3.05, 3.63) is 0 Å². The maximum atomic E-state index is 6.40. The normalized spacial score (nSPS) is 54.8. The highest BCUT2D eigenvalue weighted by Crippen LogP contribution is 2.58. The summed E-state index contributed by atoms with van der Waals surface area (Å²) in [4.78, 5) is 0. The van der Waals surface area contributed by atoms with Gasteiger partial charge < -0.3 is 14.2 Å². The zero-order valence-corrected chi connectivity index (χ0v) is 12.3. The van der Waals surface area contributed by atoms with Gasteiger partial charge in [0.2, 0.25) is 0 Å². The van der Waals surface area contributed by atoms with Crippen LogP contribution in [0.2, 0.25) is 0 Å². The van der Waals surface area contributed by atoms with Gasteiger partial charge in [0.05, 0.1) is 17.8 Å². The summed E-state index contributed by atoms with van der Waals surface area (Å²) in [6.45, 7) is 10.9. The zero-order valence-electron chi connectivity index (χ0n) is 12.3. The van der Waals surface area contributed by atoms with Crippen molar-refractivity contribution >= 4 is 0 Å². The van der Waals surface area contributed by atoms with E-state index in [1.807, 2.05) is 0 Å².